The first-order chi connectivity index (χ1) is 12.1. The summed E-state index contributed by atoms with van der Waals surface area (Å²) in [4.78, 5) is 25.9. The van der Waals surface area contributed by atoms with E-state index in [1.165, 1.54) is 4.90 Å². The number of fused-ring (bicyclic) bond motifs is 1. The van der Waals surface area contributed by atoms with Crippen molar-refractivity contribution in [2.24, 2.45) is 0 Å². The van der Waals surface area contributed by atoms with Crippen molar-refractivity contribution in [1.29, 1.82) is 0 Å². The molecule has 1 aliphatic rings. The molecule has 6 nitrogen and oxygen atoms in total. The zero-order chi connectivity index (χ0) is 17.4. The summed E-state index contributed by atoms with van der Waals surface area (Å²) in [5.74, 6) is -0.978. The van der Waals surface area contributed by atoms with Gasteiger partial charge in [-0.2, -0.15) is 0 Å². The molecule has 2 aromatic carbocycles. The van der Waals surface area contributed by atoms with Crippen LogP contribution in [0.5, 0.6) is 0 Å². The van der Waals surface area contributed by atoms with Crippen molar-refractivity contribution in [1.82, 2.24) is 15.0 Å². The molecule has 0 unspecified atom stereocenters. The van der Waals surface area contributed by atoms with Gasteiger partial charge in [-0.05, 0) is 24.6 Å². The fourth-order valence-corrected chi connectivity index (χ4v) is 2.99. The van der Waals surface area contributed by atoms with E-state index in [2.05, 4.69) is 10.3 Å². The fraction of sp³-hybridized carbons (Fsp3) is 0.158. The fourth-order valence-electron chi connectivity index (χ4n) is 2.99. The van der Waals surface area contributed by atoms with E-state index >= 15 is 0 Å². The molecule has 0 saturated heterocycles. The topological polar surface area (TPSA) is 68.1 Å². The van der Waals surface area contributed by atoms with E-state index < -0.39 is 11.7 Å². The minimum atomic E-state index is -0.516. The van der Waals surface area contributed by atoms with E-state index in [-0.39, 0.29) is 6.54 Å². The minimum absolute atomic E-state index is 0.232. The van der Waals surface area contributed by atoms with Gasteiger partial charge in [0.1, 0.15) is 5.69 Å². The van der Waals surface area contributed by atoms with Gasteiger partial charge in [-0.3, -0.25) is 14.5 Å². The molecule has 4 rings (SSSR count). The second-order valence-electron chi connectivity index (χ2n) is 6.13. The van der Waals surface area contributed by atoms with Crippen LogP contribution in [0.15, 0.2) is 54.7 Å². The lowest BCUT2D eigenvalue weighted by Gasteiger charge is -2.14. The predicted octanol–water partition coefficient (Wildman–Crippen LogP) is 2.36. The standard InChI is InChI=1S/C19H16N4O2/c1-13-7-8-17-16(9-13)18(24)19(25)23(17)12-15-11-22(21-20-15)10-14-5-3-2-4-6-14/h2-9,11H,10,12H2,1H3. The summed E-state index contributed by atoms with van der Waals surface area (Å²) in [7, 11) is 0. The van der Waals surface area contributed by atoms with Gasteiger partial charge in [-0.15, -0.1) is 5.10 Å². The first-order valence-electron chi connectivity index (χ1n) is 8.01. The van der Waals surface area contributed by atoms with Gasteiger partial charge in [-0.1, -0.05) is 47.2 Å². The number of benzene rings is 2. The maximum atomic E-state index is 12.3. The third kappa shape index (κ3) is 2.82. The molecule has 25 heavy (non-hydrogen) atoms. The molecular formula is C19H16N4O2. The van der Waals surface area contributed by atoms with Crippen molar-refractivity contribution in [3.05, 3.63) is 77.1 Å². The second-order valence-corrected chi connectivity index (χ2v) is 6.13. The molecule has 0 saturated carbocycles. The molecule has 0 atom stereocenters. The van der Waals surface area contributed by atoms with Crippen molar-refractivity contribution >= 4 is 17.4 Å². The number of hydrogen-bond donors (Lipinski definition) is 0. The van der Waals surface area contributed by atoms with Gasteiger partial charge in [0, 0.05) is 0 Å². The molecule has 1 amide bonds. The minimum Gasteiger partial charge on any atom is -0.299 e. The number of rotatable bonds is 4. The van der Waals surface area contributed by atoms with Crippen LogP contribution in [0.25, 0.3) is 0 Å². The molecule has 1 aliphatic heterocycles. The van der Waals surface area contributed by atoms with Crippen LogP contribution in [0.1, 0.15) is 27.2 Å². The average molecular weight is 332 g/mol. The van der Waals surface area contributed by atoms with Crippen LogP contribution < -0.4 is 4.90 Å². The summed E-state index contributed by atoms with van der Waals surface area (Å²) in [6.45, 7) is 2.74. The maximum Gasteiger partial charge on any atom is 0.299 e. The lowest BCUT2D eigenvalue weighted by molar-refractivity contribution is -0.114. The second kappa shape index (κ2) is 5.98. The van der Waals surface area contributed by atoms with Crippen molar-refractivity contribution in [2.75, 3.05) is 4.90 Å². The Balaban J connectivity index is 1.55. The number of nitrogens with zero attached hydrogens (tertiary/aromatic N) is 4. The highest BCUT2D eigenvalue weighted by molar-refractivity contribution is 6.52. The summed E-state index contributed by atoms with van der Waals surface area (Å²) in [5.41, 5.74) is 3.81. The van der Waals surface area contributed by atoms with Crippen molar-refractivity contribution in [3.63, 3.8) is 0 Å². The van der Waals surface area contributed by atoms with E-state index in [0.717, 1.165) is 11.1 Å². The van der Waals surface area contributed by atoms with E-state index in [0.29, 0.717) is 23.5 Å². The molecule has 0 aliphatic carbocycles. The summed E-state index contributed by atoms with van der Waals surface area (Å²) >= 11 is 0. The first kappa shape index (κ1) is 15.3. The third-order valence-corrected chi connectivity index (χ3v) is 4.22. The van der Waals surface area contributed by atoms with E-state index in [1.807, 2.05) is 49.4 Å². The number of Topliss-reactive ketones (excluding diaryl/α,β-unsaturated/α-hetero) is 1. The Labute approximate surface area is 144 Å². The Hall–Kier alpha value is -3.28. The van der Waals surface area contributed by atoms with E-state index in [9.17, 15) is 9.59 Å². The molecule has 1 aromatic heterocycles. The van der Waals surface area contributed by atoms with Crippen LogP contribution in [0.3, 0.4) is 0 Å². The van der Waals surface area contributed by atoms with Gasteiger partial charge < -0.3 is 0 Å². The molecular weight excluding hydrogens is 316 g/mol. The van der Waals surface area contributed by atoms with Gasteiger partial charge in [-0.25, -0.2) is 4.68 Å². The quantitative estimate of drug-likeness (QED) is 0.688. The summed E-state index contributed by atoms with van der Waals surface area (Å²) in [6.07, 6.45) is 1.80. The van der Waals surface area contributed by atoms with Crippen LogP contribution in [-0.4, -0.2) is 26.7 Å². The summed E-state index contributed by atoms with van der Waals surface area (Å²) in [5, 5.41) is 8.25. The largest absolute Gasteiger partial charge is 0.299 e. The predicted molar refractivity (Wildman–Crippen MR) is 92.3 cm³/mol. The van der Waals surface area contributed by atoms with Gasteiger partial charge in [0.05, 0.1) is 30.5 Å². The first-order valence-corrected chi connectivity index (χ1v) is 8.01. The highest BCUT2D eigenvalue weighted by Gasteiger charge is 2.36. The van der Waals surface area contributed by atoms with Crippen molar-refractivity contribution in [3.8, 4) is 0 Å². The summed E-state index contributed by atoms with van der Waals surface area (Å²) in [6, 6.07) is 15.4. The maximum absolute atomic E-state index is 12.3. The lowest BCUT2D eigenvalue weighted by Crippen LogP contribution is -2.29. The molecule has 0 bridgehead atoms. The number of amides is 1. The number of carbonyl (C=O) groups excluding carboxylic acids is 2. The highest BCUT2D eigenvalue weighted by atomic mass is 16.2. The molecule has 0 fully saturated rings. The number of anilines is 1. The monoisotopic (exact) mass is 332 g/mol. The normalized spacial score (nSPS) is 13.4. The molecule has 124 valence electrons. The Kier molecular flexibility index (Phi) is 3.65. The number of carbonyl (C=O) groups is 2. The zero-order valence-electron chi connectivity index (χ0n) is 13.7. The Bertz CT molecular complexity index is 963. The van der Waals surface area contributed by atoms with Crippen molar-refractivity contribution in [2.45, 2.75) is 20.0 Å². The number of aromatic nitrogens is 3. The van der Waals surface area contributed by atoms with Crippen LogP contribution in [-0.2, 0) is 17.9 Å². The van der Waals surface area contributed by atoms with Crippen molar-refractivity contribution < 1.29 is 9.59 Å². The van der Waals surface area contributed by atoms with E-state index in [1.54, 1.807) is 16.9 Å². The number of hydrogen-bond acceptors (Lipinski definition) is 4. The molecule has 0 spiro atoms. The molecule has 2 heterocycles. The zero-order valence-corrected chi connectivity index (χ0v) is 13.7. The third-order valence-electron chi connectivity index (χ3n) is 4.22. The van der Waals surface area contributed by atoms with Gasteiger partial charge >= 0.3 is 0 Å². The number of aryl methyl sites for hydroxylation is 1. The highest BCUT2D eigenvalue weighted by Crippen LogP contribution is 2.30. The number of ketones is 1. The van der Waals surface area contributed by atoms with Gasteiger partial charge in [0.15, 0.2) is 0 Å². The molecule has 3 aromatic rings. The smallest absolute Gasteiger partial charge is 0.299 e. The van der Waals surface area contributed by atoms with Crippen LogP contribution in [0, 0.1) is 6.92 Å². The van der Waals surface area contributed by atoms with Gasteiger partial charge in [0.2, 0.25) is 0 Å². The molecule has 0 N–H and O–H groups in total. The Morgan fingerprint density at radius 2 is 1.80 bits per heavy atom. The Morgan fingerprint density at radius 1 is 1.00 bits per heavy atom. The SMILES string of the molecule is Cc1ccc2c(c1)C(=O)C(=O)N2Cc1cn(Cc2ccccc2)nn1. The molecule has 6 heteroatoms. The van der Waals surface area contributed by atoms with Crippen LogP contribution in [0.4, 0.5) is 5.69 Å². The summed E-state index contributed by atoms with van der Waals surface area (Å²) < 4.78 is 1.73. The average Bonchev–Trinajstić information content (AvgIpc) is 3.15. The van der Waals surface area contributed by atoms with Gasteiger partial charge in [0.25, 0.3) is 11.7 Å². The molecule has 0 radical (unpaired) electrons. The van der Waals surface area contributed by atoms with E-state index in [4.69, 9.17) is 0 Å². The lowest BCUT2D eigenvalue weighted by atomic mass is 10.1. The van der Waals surface area contributed by atoms with Crippen LogP contribution in [0.2, 0.25) is 0 Å². The van der Waals surface area contributed by atoms with Crippen LogP contribution >= 0.6 is 0 Å². The Morgan fingerprint density at radius 3 is 2.60 bits per heavy atom.